The Morgan fingerprint density at radius 2 is 1.16 bits per heavy atom. The van der Waals surface area contributed by atoms with E-state index in [9.17, 15) is 4.79 Å². The number of nitrogens with one attached hydrogen (secondary N) is 6. The van der Waals surface area contributed by atoms with Crippen LogP contribution < -0.4 is 21.3 Å². The molecule has 0 aliphatic heterocycles. The van der Waals surface area contributed by atoms with Gasteiger partial charge >= 0.3 is 0 Å². The number of halogens is 2. The highest BCUT2D eigenvalue weighted by atomic mass is 35.5. The summed E-state index contributed by atoms with van der Waals surface area (Å²) in [5.74, 6) is -0.259. The van der Waals surface area contributed by atoms with E-state index in [-0.39, 0.29) is 30.2 Å². The molecule has 25 heavy (non-hydrogen) atoms. The average Bonchev–Trinajstić information content (AvgIpc) is 2.51. The summed E-state index contributed by atoms with van der Waals surface area (Å²) in [7, 11) is 0. The van der Waals surface area contributed by atoms with Crippen molar-refractivity contribution in [2.45, 2.75) is 6.92 Å². The predicted molar refractivity (Wildman–Crippen MR) is 105 cm³/mol. The van der Waals surface area contributed by atoms with Crippen LogP contribution in [0.3, 0.4) is 0 Å². The van der Waals surface area contributed by atoms with Crippen molar-refractivity contribution in [1.82, 2.24) is 5.32 Å². The molecule has 2 aromatic rings. The third kappa shape index (κ3) is 7.11. The zero-order chi connectivity index (χ0) is 17.5. The number of rotatable bonds is 3. The van der Waals surface area contributed by atoms with Gasteiger partial charge in [0.2, 0.25) is 5.91 Å². The Labute approximate surface area is 156 Å². The molecule has 0 aliphatic carbocycles. The van der Waals surface area contributed by atoms with Crippen molar-refractivity contribution >= 4 is 58.9 Å². The molecule has 0 unspecified atom stereocenters. The van der Waals surface area contributed by atoms with Crippen LogP contribution >= 0.6 is 24.0 Å². The van der Waals surface area contributed by atoms with Crippen molar-refractivity contribution in [3.05, 3.63) is 53.6 Å². The molecular weight excluding hydrogens is 363 g/mol. The molecule has 9 heteroatoms. The zero-order valence-electron chi connectivity index (χ0n) is 13.3. The molecule has 0 radical (unpaired) electrons. The van der Waals surface area contributed by atoms with Gasteiger partial charge in [-0.3, -0.25) is 20.9 Å². The first-order chi connectivity index (χ1) is 11.4. The molecule has 2 aromatic carbocycles. The van der Waals surface area contributed by atoms with Crippen LogP contribution in [0.5, 0.6) is 0 Å². The molecule has 0 fully saturated rings. The van der Waals surface area contributed by atoms with Gasteiger partial charge in [0.1, 0.15) is 0 Å². The van der Waals surface area contributed by atoms with Crippen LogP contribution in [0.15, 0.2) is 48.5 Å². The van der Waals surface area contributed by atoms with E-state index >= 15 is 0 Å². The SMILES string of the molecule is CC(=O)Nc1ccc(NC(=N)NC(=N)Nc2ccc(Cl)cc2)cc1.Cl. The van der Waals surface area contributed by atoms with Gasteiger partial charge < -0.3 is 16.0 Å². The van der Waals surface area contributed by atoms with Gasteiger partial charge in [-0.05, 0) is 48.5 Å². The molecule has 6 N–H and O–H groups in total. The highest BCUT2D eigenvalue weighted by Gasteiger charge is 2.03. The third-order valence-corrected chi connectivity index (χ3v) is 3.09. The van der Waals surface area contributed by atoms with Gasteiger partial charge in [0, 0.05) is 29.0 Å². The van der Waals surface area contributed by atoms with E-state index in [0.717, 1.165) is 0 Å². The topological polar surface area (TPSA) is 113 Å². The largest absolute Gasteiger partial charge is 0.326 e. The Balaban J connectivity index is 0.00000312. The highest BCUT2D eigenvalue weighted by molar-refractivity contribution is 6.30. The molecule has 0 saturated heterocycles. The number of anilines is 3. The van der Waals surface area contributed by atoms with Gasteiger partial charge in [0.15, 0.2) is 11.9 Å². The Morgan fingerprint density at radius 1 is 0.800 bits per heavy atom. The van der Waals surface area contributed by atoms with Crippen LogP contribution in [0.25, 0.3) is 0 Å². The highest BCUT2D eigenvalue weighted by Crippen LogP contribution is 2.14. The van der Waals surface area contributed by atoms with E-state index in [2.05, 4.69) is 21.3 Å². The molecule has 0 saturated carbocycles. The first-order valence-electron chi connectivity index (χ1n) is 7.04. The lowest BCUT2D eigenvalue weighted by Gasteiger charge is -2.13. The third-order valence-electron chi connectivity index (χ3n) is 2.84. The van der Waals surface area contributed by atoms with Crippen LogP contribution in [0, 0.1) is 10.8 Å². The van der Waals surface area contributed by atoms with Crippen molar-refractivity contribution in [2.24, 2.45) is 0 Å². The summed E-state index contributed by atoms with van der Waals surface area (Å²) in [4.78, 5) is 11.0. The van der Waals surface area contributed by atoms with E-state index in [0.29, 0.717) is 22.1 Å². The van der Waals surface area contributed by atoms with Crippen molar-refractivity contribution in [1.29, 1.82) is 10.8 Å². The molecule has 0 bridgehead atoms. The molecule has 0 atom stereocenters. The number of carbonyl (C=O) groups is 1. The fraction of sp³-hybridized carbons (Fsp3) is 0.0625. The quantitative estimate of drug-likeness (QED) is 0.359. The first-order valence-corrected chi connectivity index (χ1v) is 7.41. The minimum Gasteiger partial charge on any atom is -0.326 e. The van der Waals surface area contributed by atoms with E-state index in [1.807, 2.05) is 0 Å². The summed E-state index contributed by atoms with van der Waals surface area (Å²) in [6.07, 6.45) is 0. The smallest absolute Gasteiger partial charge is 0.221 e. The number of hydrogen-bond donors (Lipinski definition) is 6. The molecule has 2 rings (SSSR count). The second-order valence-corrected chi connectivity index (χ2v) is 5.33. The number of guanidine groups is 2. The van der Waals surface area contributed by atoms with Gasteiger partial charge in [-0.1, -0.05) is 11.6 Å². The molecule has 0 heterocycles. The van der Waals surface area contributed by atoms with Gasteiger partial charge in [-0.15, -0.1) is 12.4 Å². The van der Waals surface area contributed by atoms with E-state index < -0.39 is 0 Å². The lowest BCUT2D eigenvalue weighted by Crippen LogP contribution is -2.38. The minimum atomic E-state index is -0.146. The lowest BCUT2D eigenvalue weighted by atomic mass is 10.3. The standard InChI is InChI=1S/C16H17ClN6O.ClH/c1-10(24)20-12-6-8-14(9-7-12)22-16(19)23-15(18)21-13-4-2-11(17)3-5-13;/h2-9H,1H3,(H,20,24)(H5,18,19,21,22,23);1H. The fourth-order valence-electron chi connectivity index (χ4n) is 1.85. The number of amides is 1. The number of benzene rings is 2. The van der Waals surface area contributed by atoms with Crippen LogP contribution in [-0.2, 0) is 4.79 Å². The number of carbonyl (C=O) groups excluding carboxylic acids is 1. The molecule has 7 nitrogen and oxygen atoms in total. The second kappa shape index (κ2) is 9.51. The summed E-state index contributed by atoms with van der Waals surface area (Å²) in [6, 6.07) is 13.7. The molecule has 132 valence electrons. The second-order valence-electron chi connectivity index (χ2n) is 4.89. The molecule has 0 spiro atoms. The van der Waals surface area contributed by atoms with Crippen LogP contribution in [0.2, 0.25) is 5.02 Å². The molecule has 0 aliphatic rings. The van der Waals surface area contributed by atoms with Crippen molar-refractivity contribution in [3.63, 3.8) is 0 Å². The van der Waals surface area contributed by atoms with E-state index in [4.69, 9.17) is 22.4 Å². The Kier molecular flexibility index (Phi) is 7.71. The van der Waals surface area contributed by atoms with E-state index in [1.54, 1.807) is 48.5 Å². The van der Waals surface area contributed by atoms with Gasteiger partial charge in [-0.2, -0.15) is 0 Å². The summed E-state index contributed by atoms with van der Waals surface area (Å²) in [6.45, 7) is 1.44. The van der Waals surface area contributed by atoms with E-state index in [1.165, 1.54) is 6.92 Å². The Morgan fingerprint density at radius 3 is 1.56 bits per heavy atom. The number of hydrogen-bond acceptors (Lipinski definition) is 3. The maximum Gasteiger partial charge on any atom is 0.221 e. The summed E-state index contributed by atoms with van der Waals surface area (Å²) in [5.41, 5.74) is 2.01. The zero-order valence-corrected chi connectivity index (χ0v) is 14.9. The van der Waals surface area contributed by atoms with Crippen molar-refractivity contribution < 1.29 is 4.79 Å². The van der Waals surface area contributed by atoms with Gasteiger partial charge in [0.25, 0.3) is 0 Å². The van der Waals surface area contributed by atoms with Crippen molar-refractivity contribution in [3.8, 4) is 0 Å². The predicted octanol–water partition coefficient (Wildman–Crippen LogP) is 3.70. The summed E-state index contributed by atoms with van der Waals surface area (Å²) >= 11 is 5.80. The molecule has 1 amide bonds. The van der Waals surface area contributed by atoms with Crippen LogP contribution in [-0.4, -0.2) is 17.8 Å². The first kappa shape index (κ1) is 20.3. The van der Waals surface area contributed by atoms with Gasteiger partial charge in [-0.25, -0.2) is 0 Å². The maximum absolute atomic E-state index is 11.0. The van der Waals surface area contributed by atoms with Crippen LogP contribution in [0.4, 0.5) is 17.1 Å². The van der Waals surface area contributed by atoms with Crippen molar-refractivity contribution in [2.75, 3.05) is 16.0 Å². The summed E-state index contributed by atoms with van der Waals surface area (Å²) in [5, 5.41) is 27.1. The fourth-order valence-corrected chi connectivity index (χ4v) is 1.98. The van der Waals surface area contributed by atoms with Crippen LogP contribution in [0.1, 0.15) is 6.92 Å². The Hall–Kier alpha value is -2.77. The molecule has 0 aromatic heterocycles. The average molecular weight is 381 g/mol. The monoisotopic (exact) mass is 380 g/mol. The molecular formula is C16H18Cl2N6O. The normalized spacial score (nSPS) is 9.36. The van der Waals surface area contributed by atoms with Gasteiger partial charge in [0.05, 0.1) is 0 Å². The maximum atomic E-state index is 11.0. The Bertz CT molecular complexity index is 746. The summed E-state index contributed by atoms with van der Waals surface area (Å²) < 4.78 is 0. The lowest BCUT2D eigenvalue weighted by molar-refractivity contribution is -0.114. The minimum absolute atomic E-state index is 0.